The fourth-order valence-corrected chi connectivity index (χ4v) is 2.32. The largest absolute Gasteiger partial charge is 0.390 e. The van der Waals surface area contributed by atoms with E-state index >= 15 is 0 Å². The quantitative estimate of drug-likeness (QED) is 0.537. The van der Waals surface area contributed by atoms with Gasteiger partial charge in [0.05, 0.1) is 6.10 Å². The Balaban J connectivity index is 2.39. The molecule has 1 aliphatic rings. The number of rotatable bonds is 3. The second-order valence-electron chi connectivity index (χ2n) is 5.14. The molecular formula is C12H19N3O5. The summed E-state index contributed by atoms with van der Waals surface area (Å²) in [7, 11) is 0. The maximum atomic E-state index is 11.8. The van der Waals surface area contributed by atoms with Crippen LogP contribution in [0, 0.1) is 0 Å². The highest BCUT2D eigenvalue weighted by molar-refractivity contribution is 5.23. The van der Waals surface area contributed by atoms with Gasteiger partial charge in [-0.25, -0.2) is 4.79 Å². The van der Waals surface area contributed by atoms with Crippen molar-refractivity contribution in [1.82, 2.24) is 9.55 Å². The van der Waals surface area contributed by atoms with Crippen LogP contribution in [0.1, 0.15) is 26.5 Å². The number of nitrogens with two attached hydrogens (primary N) is 1. The lowest BCUT2D eigenvalue weighted by atomic mass is 9.93. The van der Waals surface area contributed by atoms with Crippen molar-refractivity contribution < 1.29 is 20.1 Å². The summed E-state index contributed by atoms with van der Waals surface area (Å²) >= 11 is 0. The number of hydrogen-bond donors (Lipinski definition) is 4. The molecule has 1 aliphatic heterocycles. The van der Waals surface area contributed by atoms with Crippen LogP contribution in [-0.4, -0.2) is 48.8 Å². The van der Waals surface area contributed by atoms with Crippen LogP contribution in [0.2, 0.25) is 0 Å². The summed E-state index contributed by atoms with van der Waals surface area (Å²) in [5.41, 5.74) is 2.97. The van der Waals surface area contributed by atoms with E-state index < -0.39 is 35.8 Å². The van der Waals surface area contributed by atoms with E-state index in [9.17, 15) is 20.1 Å². The van der Waals surface area contributed by atoms with Gasteiger partial charge in [-0.15, -0.1) is 0 Å². The van der Waals surface area contributed by atoms with E-state index in [2.05, 4.69) is 4.98 Å². The van der Waals surface area contributed by atoms with Crippen molar-refractivity contribution in [2.75, 3.05) is 5.73 Å². The zero-order valence-corrected chi connectivity index (χ0v) is 11.3. The van der Waals surface area contributed by atoms with Gasteiger partial charge in [-0.3, -0.25) is 4.57 Å². The van der Waals surface area contributed by atoms with Crippen molar-refractivity contribution in [2.45, 2.75) is 50.4 Å². The van der Waals surface area contributed by atoms with Crippen molar-refractivity contribution in [3.63, 3.8) is 0 Å². The lowest BCUT2D eigenvalue weighted by Gasteiger charge is -2.27. The fraction of sp³-hybridized carbons (Fsp3) is 0.667. The topological polar surface area (TPSA) is 131 Å². The molecule has 2 unspecified atom stereocenters. The predicted octanol–water partition coefficient (Wildman–Crippen LogP) is -1.39. The van der Waals surface area contributed by atoms with Crippen molar-refractivity contribution in [1.29, 1.82) is 0 Å². The third-order valence-corrected chi connectivity index (χ3v) is 3.60. The van der Waals surface area contributed by atoms with Gasteiger partial charge in [0.2, 0.25) is 0 Å². The highest BCUT2D eigenvalue weighted by Crippen LogP contribution is 2.39. The number of aromatic nitrogens is 2. The lowest BCUT2D eigenvalue weighted by molar-refractivity contribution is -0.104. The number of aliphatic hydroxyl groups is 3. The van der Waals surface area contributed by atoms with Gasteiger partial charge in [0.1, 0.15) is 23.6 Å². The molecule has 0 spiro atoms. The second kappa shape index (κ2) is 5.13. The van der Waals surface area contributed by atoms with Crippen LogP contribution >= 0.6 is 0 Å². The first-order chi connectivity index (χ1) is 9.28. The van der Waals surface area contributed by atoms with Crippen LogP contribution in [0.5, 0.6) is 0 Å². The number of hydrogen-bond acceptors (Lipinski definition) is 7. The molecule has 0 aliphatic carbocycles. The zero-order valence-electron chi connectivity index (χ0n) is 11.3. The van der Waals surface area contributed by atoms with Gasteiger partial charge in [-0.2, -0.15) is 4.98 Å². The molecule has 2 rings (SSSR count). The molecule has 8 heteroatoms. The smallest absolute Gasteiger partial charge is 0.351 e. The molecule has 1 fully saturated rings. The Kier molecular flexibility index (Phi) is 3.83. The Bertz CT molecular complexity index is 544. The van der Waals surface area contributed by atoms with Crippen molar-refractivity contribution in [3.8, 4) is 0 Å². The first-order valence-corrected chi connectivity index (χ1v) is 6.37. The molecule has 1 saturated heterocycles. The number of ether oxygens (including phenoxy) is 1. The van der Waals surface area contributed by atoms with E-state index in [0.717, 1.165) is 4.57 Å². The third kappa shape index (κ3) is 2.31. The Morgan fingerprint density at radius 1 is 1.65 bits per heavy atom. The molecule has 112 valence electrons. The van der Waals surface area contributed by atoms with Crippen molar-refractivity contribution in [3.05, 3.63) is 22.7 Å². The second-order valence-corrected chi connectivity index (χ2v) is 5.14. The van der Waals surface area contributed by atoms with E-state index in [-0.39, 0.29) is 5.82 Å². The molecule has 8 nitrogen and oxygen atoms in total. The zero-order chi connectivity index (χ0) is 15.1. The normalized spacial score (nSPS) is 35.1. The summed E-state index contributed by atoms with van der Waals surface area (Å²) in [5.74, 6) is 0.0505. The fourth-order valence-electron chi connectivity index (χ4n) is 2.32. The van der Waals surface area contributed by atoms with E-state index in [1.165, 1.54) is 19.2 Å². The number of aliphatic hydroxyl groups excluding tert-OH is 2. The highest BCUT2D eigenvalue weighted by atomic mass is 16.6. The molecule has 1 aromatic rings. The number of nitrogens with zero attached hydrogens (tertiary/aromatic N) is 2. The summed E-state index contributed by atoms with van der Waals surface area (Å²) in [6.07, 6.45) is -2.73. The van der Waals surface area contributed by atoms with Gasteiger partial charge in [-0.05, 0) is 19.4 Å². The predicted molar refractivity (Wildman–Crippen MR) is 69.7 cm³/mol. The van der Waals surface area contributed by atoms with Gasteiger partial charge in [0.25, 0.3) is 0 Å². The van der Waals surface area contributed by atoms with Crippen LogP contribution in [0.3, 0.4) is 0 Å². The van der Waals surface area contributed by atoms with Gasteiger partial charge >= 0.3 is 5.69 Å². The molecule has 5 N–H and O–H groups in total. The van der Waals surface area contributed by atoms with Crippen molar-refractivity contribution in [2.24, 2.45) is 0 Å². The Morgan fingerprint density at radius 2 is 2.30 bits per heavy atom. The Labute approximate surface area is 115 Å². The molecule has 1 aromatic heterocycles. The minimum atomic E-state index is -1.73. The molecule has 5 atom stereocenters. The number of nitrogen functional groups attached to an aromatic ring is 1. The molecule has 2 heterocycles. The van der Waals surface area contributed by atoms with Crippen LogP contribution in [0.4, 0.5) is 5.82 Å². The number of anilines is 1. The van der Waals surface area contributed by atoms with Crippen molar-refractivity contribution >= 4 is 5.82 Å². The highest BCUT2D eigenvalue weighted by Gasteiger charge is 2.55. The van der Waals surface area contributed by atoms with Crippen LogP contribution in [0.25, 0.3) is 0 Å². The van der Waals surface area contributed by atoms with Gasteiger partial charge in [-0.1, -0.05) is 6.92 Å². The maximum Gasteiger partial charge on any atom is 0.351 e. The minimum Gasteiger partial charge on any atom is -0.390 e. The molecule has 0 aromatic carbocycles. The van der Waals surface area contributed by atoms with Gasteiger partial charge < -0.3 is 25.8 Å². The third-order valence-electron chi connectivity index (χ3n) is 3.60. The van der Waals surface area contributed by atoms with E-state index in [4.69, 9.17) is 10.5 Å². The average Bonchev–Trinajstić information content (AvgIpc) is 2.61. The average molecular weight is 285 g/mol. The van der Waals surface area contributed by atoms with E-state index in [1.54, 1.807) is 6.92 Å². The first kappa shape index (κ1) is 14.9. The molecule has 0 amide bonds. The van der Waals surface area contributed by atoms with Crippen LogP contribution in [0.15, 0.2) is 17.1 Å². The molecule has 20 heavy (non-hydrogen) atoms. The van der Waals surface area contributed by atoms with E-state index in [1.807, 2.05) is 0 Å². The SMILES string of the molecule is CCC(O)C1O[C@@H](n2ccc(N)nc2=O)[C@](C)(O)[C@@H]1O. The Hall–Kier alpha value is -1.48. The monoisotopic (exact) mass is 285 g/mol. The minimum absolute atomic E-state index is 0.0505. The van der Waals surface area contributed by atoms with E-state index in [0.29, 0.717) is 6.42 Å². The summed E-state index contributed by atoms with van der Waals surface area (Å²) in [6, 6.07) is 1.39. The standard InChI is InChI=1S/C12H19N3O5/c1-3-6(16)8-9(17)12(2,19)10(20-8)15-5-4-7(13)14-11(15)18/h4-6,8-10,16-17,19H,3H2,1-2H3,(H2,13,14,18)/t6?,8?,9-,10-,12-/m1/s1. The summed E-state index contributed by atoms with van der Waals surface area (Å²) in [4.78, 5) is 15.4. The maximum absolute atomic E-state index is 11.8. The first-order valence-electron chi connectivity index (χ1n) is 6.37. The van der Waals surface area contributed by atoms with Crippen LogP contribution < -0.4 is 11.4 Å². The van der Waals surface area contributed by atoms with Gasteiger partial charge in [0.15, 0.2) is 6.23 Å². The van der Waals surface area contributed by atoms with Crippen LogP contribution in [-0.2, 0) is 4.74 Å². The summed E-state index contributed by atoms with van der Waals surface area (Å²) in [5, 5.41) is 30.3. The molecule has 0 saturated carbocycles. The summed E-state index contributed by atoms with van der Waals surface area (Å²) < 4.78 is 6.52. The molecule has 0 radical (unpaired) electrons. The van der Waals surface area contributed by atoms with Gasteiger partial charge in [0, 0.05) is 6.20 Å². The summed E-state index contributed by atoms with van der Waals surface area (Å²) in [6.45, 7) is 3.06. The lowest BCUT2D eigenvalue weighted by Crippen LogP contribution is -2.47. The Morgan fingerprint density at radius 3 is 2.85 bits per heavy atom. The molecular weight excluding hydrogens is 266 g/mol. The molecule has 0 bridgehead atoms.